The van der Waals surface area contributed by atoms with Gasteiger partial charge in [0.05, 0.1) is 29.0 Å². The lowest BCUT2D eigenvalue weighted by Gasteiger charge is -2.22. The van der Waals surface area contributed by atoms with Crippen LogP contribution in [0.25, 0.3) is 27.8 Å². The number of benzene rings is 2. The van der Waals surface area contributed by atoms with Crippen LogP contribution in [0.3, 0.4) is 0 Å². The van der Waals surface area contributed by atoms with Crippen LogP contribution in [0.15, 0.2) is 59.9 Å². The molecule has 3 heterocycles. The van der Waals surface area contributed by atoms with Gasteiger partial charge >= 0.3 is 0 Å². The van der Waals surface area contributed by atoms with E-state index in [0.717, 1.165) is 6.07 Å². The maximum atomic E-state index is 14.8. The van der Waals surface area contributed by atoms with Crippen molar-refractivity contribution in [3.8, 4) is 5.69 Å². The molecular weight excluding hydrogens is 416 g/mol. The molecule has 1 atom stereocenters. The minimum absolute atomic E-state index is 0.0285. The van der Waals surface area contributed by atoms with E-state index in [9.17, 15) is 13.6 Å². The molecule has 2 N–H and O–H groups in total. The maximum absolute atomic E-state index is 14.8. The molecule has 5 aromatic rings. The number of rotatable bonds is 5. The number of aromatic nitrogens is 6. The van der Waals surface area contributed by atoms with Gasteiger partial charge in [0.25, 0.3) is 5.56 Å². The third-order valence-electron chi connectivity index (χ3n) is 5.20. The fraction of sp³-hybridized carbons (Fsp3) is 0.136. The maximum Gasteiger partial charge on any atom is 0.266 e. The van der Waals surface area contributed by atoms with Crippen LogP contribution in [0.4, 0.5) is 14.6 Å². The number of nitrogens with zero attached hydrogens (tertiary/aromatic N) is 5. The Morgan fingerprint density at radius 2 is 1.97 bits per heavy atom. The van der Waals surface area contributed by atoms with E-state index in [-0.39, 0.29) is 16.9 Å². The minimum atomic E-state index is -0.596. The van der Waals surface area contributed by atoms with Crippen LogP contribution in [0, 0.1) is 11.6 Å². The van der Waals surface area contributed by atoms with E-state index in [2.05, 4.69) is 30.2 Å². The highest BCUT2D eigenvalue weighted by atomic mass is 19.1. The molecule has 0 unspecified atom stereocenters. The molecule has 160 valence electrons. The molecule has 10 heteroatoms. The summed E-state index contributed by atoms with van der Waals surface area (Å²) < 4.78 is 29.8. The summed E-state index contributed by atoms with van der Waals surface area (Å²) in [5, 5.41) is 3.33. The summed E-state index contributed by atoms with van der Waals surface area (Å²) in [4.78, 5) is 33.5. The highest BCUT2D eigenvalue weighted by molar-refractivity contribution is 5.82. The van der Waals surface area contributed by atoms with Crippen molar-refractivity contribution in [1.82, 2.24) is 29.5 Å². The Balaban J connectivity index is 1.75. The second-order valence-corrected chi connectivity index (χ2v) is 7.15. The first-order chi connectivity index (χ1) is 15.6. The van der Waals surface area contributed by atoms with E-state index < -0.39 is 23.2 Å². The van der Waals surface area contributed by atoms with Crippen molar-refractivity contribution in [2.45, 2.75) is 19.4 Å². The van der Waals surface area contributed by atoms with Crippen LogP contribution < -0.4 is 10.9 Å². The van der Waals surface area contributed by atoms with Crippen LogP contribution in [-0.4, -0.2) is 29.5 Å². The molecule has 5 rings (SSSR count). The van der Waals surface area contributed by atoms with Crippen molar-refractivity contribution in [1.29, 1.82) is 0 Å². The predicted octanol–water partition coefficient (Wildman–Crippen LogP) is 3.89. The number of para-hydroxylation sites is 1. The van der Waals surface area contributed by atoms with Crippen LogP contribution in [0.5, 0.6) is 0 Å². The molecule has 0 saturated carbocycles. The van der Waals surface area contributed by atoms with Gasteiger partial charge in [-0.3, -0.25) is 9.36 Å². The van der Waals surface area contributed by atoms with Crippen molar-refractivity contribution in [2.24, 2.45) is 0 Å². The van der Waals surface area contributed by atoms with Crippen LogP contribution in [0.2, 0.25) is 0 Å². The summed E-state index contributed by atoms with van der Waals surface area (Å²) in [6.07, 6.45) is 3.37. The second-order valence-electron chi connectivity index (χ2n) is 7.15. The summed E-state index contributed by atoms with van der Waals surface area (Å²) in [6, 6.07) is 9.15. The zero-order valence-corrected chi connectivity index (χ0v) is 16.9. The third kappa shape index (κ3) is 3.25. The van der Waals surface area contributed by atoms with E-state index in [4.69, 9.17) is 0 Å². The number of H-pyrrole nitrogens is 1. The SMILES string of the molecule is CC[C@H](Nc1ncnc2nc[nH]c12)c1nc2ccc(F)cc2c(=O)n1-c1ccccc1F. The number of aromatic amines is 1. The normalized spacial score (nSPS) is 12.3. The van der Waals surface area contributed by atoms with Crippen molar-refractivity contribution in [3.63, 3.8) is 0 Å². The number of hydrogen-bond donors (Lipinski definition) is 2. The number of fused-ring (bicyclic) bond motifs is 2. The number of hydrogen-bond acceptors (Lipinski definition) is 6. The summed E-state index contributed by atoms with van der Waals surface area (Å²) in [6.45, 7) is 1.90. The Bertz CT molecular complexity index is 1510. The van der Waals surface area contributed by atoms with Gasteiger partial charge in [-0.05, 0) is 36.8 Å². The van der Waals surface area contributed by atoms with E-state index in [0.29, 0.717) is 28.9 Å². The zero-order chi connectivity index (χ0) is 22.2. The smallest absolute Gasteiger partial charge is 0.266 e. The minimum Gasteiger partial charge on any atom is -0.358 e. The van der Waals surface area contributed by atoms with Crippen molar-refractivity contribution in [3.05, 3.63) is 82.9 Å². The average Bonchev–Trinajstić information content (AvgIpc) is 3.28. The summed E-state index contributed by atoms with van der Waals surface area (Å²) in [7, 11) is 0. The van der Waals surface area contributed by atoms with Crippen LogP contribution >= 0.6 is 0 Å². The Morgan fingerprint density at radius 1 is 1.12 bits per heavy atom. The first-order valence-electron chi connectivity index (χ1n) is 9.94. The van der Waals surface area contributed by atoms with E-state index in [1.54, 1.807) is 6.07 Å². The van der Waals surface area contributed by atoms with E-state index in [1.165, 1.54) is 47.6 Å². The first kappa shape index (κ1) is 19.7. The number of imidazole rings is 1. The summed E-state index contributed by atoms with van der Waals surface area (Å²) >= 11 is 0. The van der Waals surface area contributed by atoms with Gasteiger partial charge in [-0.25, -0.2) is 28.7 Å². The highest BCUT2D eigenvalue weighted by Crippen LogP contribution is 2.26. The second kappa shape index (κ2) is 7.80. The molecule has 0 aliphatic rings. The lowest BCUT2D eigenvalue weighted by Crippen LogP contribution is -2.29. The van der Waals surface area contributed by atoms with E-state index >= 15 is 0 Å². The molecule has 3 aromatic heterocycles. The predicted molar refractivity (Wildman–Crippen MR) is 116 cm³/mol. The summed E-state index contributed by atoms with van der Waals surface area (Å²) in [5.41, 5.74) is 0.845. The topological polar surface area (TPSA) is 101 Å². The van der Waals surface area contributed by atoms with Gasteiger partial charge in [0.2, 0.25) is 0 Å². The largest absolute Gasteiger partial charge is 0.358 e. The molecule has 2 aromatic carbocycles. The highest BCUT2D eigenvalue weighted by Gasteiger charge is 2.23. The van der Waals surface area contributed by atoms with Gasteiger partial charge in [-0.15, -0.1) is 0 Å². The van der Waals surface area contributed by atoms with Gasteiger partial charge in [0, 0.05) is 0 Å². The molecule has 8 nitrogen and oxygen atoms in total. The summed E-state index contributed by atoms with van der Waals surface area (Å²) in [5.74, 6) is -0.431. The van der Waals surface area contributed by atoms with E-state index in [1.807, 2.05) is 6.92 Å². The molecule has 0 spiro atoms. The molecule has 0 saturated heterocycles. The Kier molecular flexibility index (Phi) is 4.81. The third-order valence-corrected chi connectivity index (χ3v) is 5.20. The fourth-order valence-electron chi connectivity index (χ4n) is 3.66. The fourth-order valence-corrected chi connectivity index (χ4v) is 3.66. The number of anilines is 1. The Labute approximate surface area is 180 Å². The Hall–Kier alpha value is -4.21. The van der Waals surface area contributed by atoms with Crippen molar-refractivity contribution >= 4 is 27.9 Å². The van der Waals surface area contributed by atoms with Crippen LogP contribution in [0.1, 0.15) is 25.2 Å². The van der Waals surface area contributed by atoms with Crippen molar-refractivity contribution in [2.75, 3.05) is 5.32 Å². The number of halogens is 2. The standard InChI is InChI=1S/C22H17F2N7O/c1-2-15(29-20-18-19(26-10-25-18)27-11-28-20)21-30-16-8-7-12(23)9-13(16)22(32)31(21)17-6-4-3-5-14(17)24/h3-11,15H,2H2,1H3,(H2,25,26,27,28,29)/t15-/m0/s1. The van der Waals surface area contributed by atoms with Gasteiger partial charge in [-0.2, -0.15) is 0 Å². The molecule has 32 heavy (non-hydrogen) atoms. The molecule has 0 aliphatic heterocycles. The van der Waals surface area contributed by atoms with Gasteiger partial charge in [-0.1, -0.05) is 19.1 Å². The van der Waals surface area contributed by atoms with Gasteiger partial charge in [0.15, 0.2) is 11.5 Å². The lowest BCUT2D eigenvalue weighted by atomic mass is 10.1. The van der Waals surface area contributed by atoms with Gasteiger partial charge < -0.3 is 10.3 Å². The monoisotopic (exact) mass is 433 g/mol. The number of nitrogens with one attached hydrogen (secondary N) is 2. The van der Waals surface area contributed by atoms with Gasteiger partial charge in [0.1, 0.15) is 29.3 Å². The lowest BCUT2D eigenvalue weighted by molar-refractivity contribution is 0.598. The molecule has 0 fully saturated rings. The molecule has 0 radical (unpaired) electrons. The van der Waals surface area contributed by atoms with Crippen molar-refractivity contribution < 1.29 is 8.78 Å². The average molecular weight is 433 g/mol. The molecule has 0 bridgehead atoms. The quantitative estimate of drug-likeness (QED) is 0.436. The first-order valence-corrected chi connectivity index (χ1v) is 9.94. The van der Waals surface area contributed by atoms with Crippen LogP contribution in [-0.2, 0) is 0 Å². The molecule has 0 aliphatic carbocycles. The molecule has 0 amide bonds. The Morgan fingerprint density at radius 3 is 2.78 bits per heavy atom. The molecular formula is C22H17F2N7O. The zero-order valence-electron chi connectivity index (χ0n) is 16.9.